The molecule has 0 heterocycles. The number of carbonyl (C=O) groups excluding carboxylic acids is 2. The van der Waals surface area contributed by atoms with Gasteiger partial charge in [-0.15, -0.1) is 0 Å². The van der Waals surface area contributed by atoms with Crippen LogP contribution in [0, 0.1) is 0 Å². The lowest BCUT2D eigenvalue weighted by Gasteiger charge is -2.16. The summed E-state index contributed by atoms with van der Waals surface area (Å²) in [5.41, 5.74) is -0.0655. The van der Waals surface area contributed by atoms with E-state index in [4.69, 9.17) is 58.0 Å². The van der Waals surface area contributed by atoms with Crippen molar-refractivity contribution in [3.05, 3.63) is 42.3 Å². The molecule has 0 saturated carbocycles. The second-order valence-corrected chi connectivity index (χ2v) is 5.11. The van der Waals surface area contributed by atoms with E-state index in [0.717, 1.165) is 0 Å². The van der Waals surface area contributed by atoms with Crippen LogP contribution in [0.4, 0.5) is 0 Å². The number of allylic oxidation sites excluding steroid dienone is 2. The topological polar surface area (TPSA) is 34.1 Å². The zero-order chi connectivity index (χ0) is 12.9. The van der Waals surface area contributed by atoms with Crippen molar-refractivity contribution in [1.82, 2.24) is 0 Å². The van der Waals surface area contributed by atoms with E-state index in [1.165, 1.54) is 6.07 Å². The Morgan fingerprint density at radius 2 is 1.29 bits per heavy atom. The molecule has 0 saturated heterocycles. The van der Waals surface area contributed by atoms with E-state index in [0.29, 0.717) is 0 Å². The van der Waals surface area contributed by atoms with E-state index in [-0.39, 0.29) is 36.3 Å². The third-order valence-corrected chi connectivity index (χ3v) is 4.31. The van der Waals surface area contributed by atoms with Crippen molar-refractivity contribution < 1.29 is 9.59 Å². The molecule has 0 radical (unpaired) electrons. The molecule has 17 heavy (non-hydrogen) atoms. The molecule has 2 nitrogen and oxygen atoms in total. The lowest BCUT2D eigenvalue weighted by atomic mass is 9.94. The normalized spacial score (nSPS) is 15.4. The zero-order valence-corrected chi connectivity index (χ0v) is 11.6. The van der Waals surface area contributed by atoms with Gasteiger partial charge in [-0.2, -0.15) is 0 Å². The van der Waals surface area contributed by atoms with Crippen LogP contribution in [0.5, 0.6) is 0 Å². The van der Waals surface area contributed by atoms with Gasteiger partial charge in [-0.25, -0.2) is 0 Å². The van der Waals surface area contributed by atoms with Crippen LogP contribution in [-0.4, -0.2) is 11.6 Å². The predicted molar refractivity (Wildman–Crippen MR) is 68.9 cm³/mol. The van der Waals surface area contributed by atoms with Crippen LogP contribution in [0.3, 0.4) is 0 Å². The molecule has 0 amide bonds. The van der Waals surface area contributed by atoms with Crippen molar-refractivity contribution in [2.24, 2.45) is 0 Å². The number of fused-ring (bicyclic) bond motifs is 1. The number of Topliss-reactive ketones (excluding diaryl/α,β-unsaturated/α-hetero) is 2. The molecule has 0 N–H and O–H groups in total. The number of hydrogen-bond donors (Lipinski definition) is 0. The quantitative estimate of drug-likeness (QED) is 0.645. The standard InChI is InChI=1S/C10HCl5O2/c11-3-1-2-4(6(13)5(3)12)10(17)8(15)7(14)9(2)16/h1H. The number of halogens is 5. The largest absolute Gasteiger partial charge is 0.288 e. The van der Waals surface area contributed by atoms with E-state index < -0.39 is 11.6 Å². The fourth-order valence-electron chi connectivity index (χ4n) is 1.42. The molecule has 0 aliphatic heterocycles. The summed E-state index contributed by atoms with van der Waals surface area (Å²) in [5.74, 6) is -1.25. The minimum atomic E-state index is -0.644. The minimum absolute atomic E-state index is 0.00352. The van der Waals surface area contributed by atoms with Gasteiger partial charge in [0.05, 0.1) is 20.6 Å². The Hall–Kier alpha value is -0.250. The summed E-state index contributed by atoms with van der Waals surface area (Å²) < 4.78 is 0. The van der Waals surface area contributed by atoms with Crippen molar-refractivity contribution >= 4 is 69.6 Å². The molecule has 1 aliphatic carbocycles. The van der Waals surface area contributed by atoms with Crippen LogP contribution >= 0.6 is 58.0 Å². The van der Waals surface area contributed by atoms with Crippen molar-refractivity contribution in [3.63, 3.8) is 0 Å². The summed E-state index contributed by atoms with van der Waals surface area (Å²) in [5, 5.41) is -0.757. The SMILES string of the molecule is O=C1C(Cl)=C(Cl)C(=O)c2c1cc(Cl)c(Cl)c2Cl. The highest BCUT2D eigenvalue weighted by Gasteiger charge is 2.34. The molecule has 0 bridgehead atoms. The van der Waals surface area contributed by atoms with Gasteiger partial charge in [-0.1, -0.05) is 58.0 Å². The minimum Gasteiger partial charge on any atom is -0.288 e. The smallest absolute Gasteiger partial charge is 0.208 e. The van der Waals surface area contributed by atoms with E-state index in [2.05, 4.69) is 0 Å². The highest BCUT2D eigenvalue weighted by molar-refractivity contribution is 6.61. The summed E-state index contributed by atoms with van der Waals surface area (Å²) in [4.78, 5) is 23.6. The van der Waals surface area contributed by atoms with Gasteiger partial charge in [-0.05, 0) is 6.07 Å². The first-order valence-corrected chi connectivity index (χ1v) is 6.07. The number of carbonyl (C=O) groups is 2. The molecule has 1 aromatic carbocycles. The van der Waals surface area contributed by atoms with Crippen LogP contribution in [0.25, 0.3) is 0 Å². The maximum Gasteiger partial charge on any atom is 0.208 e. The number of benzene rings is 1. The Bertz CT molecular complexity index is 603. The average molecular weight is 330 g/mol. The second kappa shape index (κ2) is 4.45. The van der Waals surface area contributed by atoms with Crippen LogP contribution < -0.4 is 0 Å². The van der Waals surface area contributed by atoms with Crippen LogP contribution in [0.15, 0.2) is 16.1 Å². The van der Waals surface area contributed by atoms with E-state index >= 15 is 0 Å². The fraction of sp³-hybridized carbons (Fsp3) is 0. The molecule has 0 spiro atoms. The van der Waals surface area contributed by atoms with Gasteiger partial charge in [0.1, 0.15) is 10.1 Å². The molecule has 0 fully saturated rings. The molecule has 2 rings (SSSR count). The third-order valence-electron chi connectivity index (χ3n) is 2.23. The van der Waals surface area contributed by atoms with Gasteiger partial charge in [0.25, 0.3) is 0 Å². The van der Waals surface area contributed by atoms with Crippen molar-refractivity contribution in [3.8, 4) is 0 Å². The Balaban J connectivity index is 2.86. The second-order valence-electron chi connectivity index (χ2n) is 3.20. The van der Waals surface area contributed by atoms with Crippen molar-refractivity contribution in [2.75, 3.05) is 0 Å². The monoisotopic (exact) mass is 328 g/mol. The molecule has 0 aromatic heterocycles. The van der Waals surface area contributed by atoms with Gasteiger partial charge in [0.15, 0.2) is 0 Å². The summed E-state index contributed by atoms with van der Waals surface area (Å²) in [6.45, 7) is 0. The Morgan fingerprint density at radius 3 is 1.88 bits per heavy atom. The van der Waals surface area contributed by atoms with Gasteiger partial charge in [0, 0.05) is 5.56 Å². The maximum atomic E-state index is 11.8. The summed E-state index contributed by atoms with van der Waals surface area (Å²) >= 11 is 28.7. The van der Waals surface area contributed by atoms with Gasteiger partial charge < -0.3 is 0 Å². The summed E-state index contributed by atoms with van der Waals surface area (Å²) in [7, 11) is 0. The molecule has 0 atom stereocenters. The van der Waals surface area contributed by atoms with Gasteiger partial charge in [-0.3, -0.25) is 9.59 Å². The fourth-order valence-corrected chi connectivity index (χ4v) is 2.48. The van der Waals surface area contributed by atoms with Gasteiger partial charge >= 0.3 is 0 Å². The first kappa shape index (κ1) is 13.2. The Kier molecular flexibility index (Phi) is 3.45. The van der Waals surface area contributed by atoms with E-state index in [1.54, 1.807) is 0 Å². The van der Waals surface area contributed by atoms with Crippen LogP contribution in [0.2, 0.25) is 15.1 Å². The molecule has 1 aliphatic rings. The molecule has 1 aromatic rings. The highest BCUT2D eigenvalue weighted by Crippen LogP contribution is 2.41. The summed E-state index contributed by atoms with van der Waals surface area (Å²) in [6, 6.07) is 1.25. The van der Waals surface area contributed by atoms with Crippen LogP contribution in [-0.2, 0) is 0 Å². The van der Waals surface area contributed by atoms with E-state index in [9.17, 15) is 9.59 Å². The Labute approximate surface area is 121 Å². The average Bonchev–Trinajstić information content (AvgIpc) is 2.30. The predicted octanol–water partition coefficient (Wildman–Crippen LogP) is 4.71. The Morgan fingerprint density at radius 1 is 0.765 bits per heavy atom. The highest BCUT2D eigenvalue weighted by atomic mass is 35.5. The number of rotatable bonds is 0. The van der Waals surface area contributed by atoms with Crippen LogP contribution in [0.1, 0.15) is 20.7 Å². The first-order chi connectivity index (χ1) is 7.86. The van der Waals surface area contributed by atoms with Gasteiger partial charge in [0.2, 0.25) is 11.6 Å². The van der Waals surface area contributed by atoms with E-state index in [1.807, 2.05) is 0 Å². The molecule has 0 unspecified atom stereocenters. The molecular weight excluding hydrogens is 329 g/mol. The van der Waals surface area contributed by atoms with Crippen molar-refractivity contribution in [1.29, 1.82) is 0 Å². The molecular formula is C10HCl5O2. The molecule has 7 heteroatoms. The van der Waals surface area contributed by atoms with Crippen molar-refractivity contribution in [2.45, 2.75) is 0 Å². The zero-order valence-electron chi connectivity index (χ0n) is 7.78. The lowest BCUT2D eigenvalue weighted by molar-refractivity contribution is 0.0987. The number of ketones is 2. The lowest BCUT2D eigenvalue weighted by Crippen LogP contribution is -2.18. The summed E-state index contributed by atoms with van der Waals surface area (Å²) in [6.07, 6.45) is 0. The number of hydrogen-bond acceptors (Lipinski definition) is 2. The maximum absolute atomic E-state index is 11.8. The third kappa shape index (κ3) is 1.88. The molecule has 88 valence electrons. The first-order valence-electron chi connectivity index (χ1n) is 4.18.